The zero-order valence-corrected chi connectivity index (χ0v) is 11.1. The van der Waals surface area contributed by atoms with Crippen LogP contribution < -0.4 is 5.30 Å². The van der Waals surface area contributed by atoms with E-state index in [-0.39, 0.29) is 0 Å². The number of hydrogen-bond acceptors (Lipinski definition) is 1. The Balaban J connectivity index is 2.22. The van der Waals surface area contributed by atoms with Crippen LogP contribution in [0.4, 0.5) is 0 Å². The van der Waals surface area contributed by atoms with Gasteiger partial charge in [-0.15, -0.1) is 0 Å². The first-order chi connectivity index (χ1) is 7.21. The van der Waals surface area contributed by atoms with Gasteiger partial charge in [0.25, 0.3) is 0 Å². The average Bonchev–Trinajstić information content (AvgIpc) is 2.31. The lowest BCUT2D eigenvalue weighted by molar-refractivity contribution is 0.512. The number of hydrogen-bond donors (Lipinski definition) is 0. The molecule has 0 aromatic heterocycles. The van der Waals surface area contributed by atoms with Crippen LogP contribution in [0, 0.1) is 0 Å². The fourth-order valence-electron chi connectivity index (χ4n) is 2.51. The topological polar surface area (TPSA) is 0 Å². The molecule has 0 aliphatic heterocycles. The molecule has 0 N–H and O–H groups in total. The van der Waals surface area contributed by atoms with Gasteiger partial charge < -0.3 is 0 Å². The first kappa shape index (κ1) is 11.4. The van der Waals surface area contributed by atoms with Gasteiger partial charge in [-0.25, -0.2) is 0 Å². The maximum atomic E-state index is 5.94. The molecule has 2 heteroatoms. The van der Waals surface area contributed by atoms with Gasteiger partial charge in [0.05, 0.1) is 0 Å². The van der Waals surface area contributed by atoms with E-state index in [0.717, 1.165) is 5.66 Å². The molecule has 0 radical (unpaired) electrons. The summed E-state index contributed by atoms with van der Waals surface area (Å²) in [5, 5.41) is 1.44. The smallest absolute Gasteiger partial charge is 0.00832 e. The molecule has 1 aromatic rings. The summed E-state index contributed by atoms with van der Waals surface area (Å²) in [7, 11) is 0. The Morgan fingerprint density at radius 3 is 2.27 bits per heavy atom. The molecule has 1 aromatic carbocycles. The fraction of sp³-hybridized carbons (Fsp3) is 0.538. The van der Waals surface area contributed by atoms with E-state index in [2.05, 4.69) is 37.0 Å². The molecule has 1 aliphatic carbocycles. The predicted molar refractivity (Wildman–Crippen MR) is 73.2 cm³/mol. The van der Waals surface area contributed by atoms with Crippen molar-refractivity contribution >= 4 is 23.1 Å². The van der Waals surface area contributed by atoms with Crippen molar-refractivity contribution in [2.45, 2.75) is 37.8 Å². The van der Waals surface area contributed by atoms with Crippen molar-refractivity contribution in [1.82, 2.24) is 0 Å². The Kier molecular flexibility index (Phi) is 3.64. The molecule has 1 unspecified atom stereocenters. The lowest BCUT2D eigenvalue weighted by Gasteiger charge is -2.31. The van der Waals surface area contributed by atoms with Crippen LogP contribution in [0.1, 0.15) is 32.1 Å². The monoisotopic (exact) mass is 238 g/mol. The van der Waals surface area contributed by atoms with Crippen LogP contribution in [0.25, 0.3) is 0 Å². The molecular weight excluding hydrogens is 219 g/mol. The highest BCUT2D eigenvalue weighted by molar-refractivity contribution is 8.18. The van der Waals surface area contributed by atoms with Gasteiger partial charge >= 0.3 is 0 Å². The minimum absolute atomic E-state index is 0.809. The third-order valence-electron chi connectivity index (χ3n) is 3.54. The van der Waals surface area contributed by atoms with Crippen LogP contribution in [0.2, 0.25) is 0 Å². The van der Waals surface area contributed by atoms with E-state index in [9.17, 15) is 0 Å². The van der Waals surface area contributed by atoms with Crippen LogP contribution in [0.5, 0.6) is 0 Å². The molecule has 0 spiro atoms. The van der Waals surface area contributed by atoms with E-state index < -0.39 is 6.04 Å². The van der Waals surface area contributed by atoms with Crippen molar-refractivity contribution in [3.05, 3.63) is 30.3 Å². The second-order valence-electron chi connectivity index (χ2n) is 4.62. The maximum absolute atomic E-state index is 5.94. The lowest BCUT2D eigenvalue weighted by atomic mass is 10.0. The summed E-state index contributed by atoms with van der Waals surface area (Å²) in [6.07, 6.45) is 6.93. The fourth-order valence-corrected chi connectivity index (χ4v) is 6.04. The Morgan fingerprint density at radius 1 is 1.07 bits per heavy atom. The van der Waals surface area contributed by atoms with Crippen molar-refractivity contribution < 1.29 is 0 Å². The van der Waals surface area contributed by atoms with Crippen LogP contribution >= 0.6 is 6.04 Å². The third-order valence-corrected chi connectivity index (χ3v) is 8.30. The van der Waals surface area contributed by atoms with E-state index in [1.54, 1.807) is 0 Å². The molecule has 2 rings (SSSR count). The van der Waals surface area contributed by atoms with Gasteiger partial charge in [-0.1, -0.05) is 61.4 Å². The summed E-state index contributed by atoms with van der Waals surface area (Å²) in [6, 6.07) is 9.51. The summed E-state index contributed by atoms with van der Waals surface area (Å²) < 4.78 is 0. The quantitative estimate of drug-likeness (QED) is 0.707. The van der Waals surface area contributed by atoms with E-state index >= 15 is 0 Å². The van der Waals surface area contributed by atoms with Crippen LogP contribution in [-0.4, -0.2) is 12.3 Å². The summed E-state index contributed by atoms with van der Waals surface area (Å²) in [4.78, 5) is 0. The largest absolute Gasteiger partial charge is 0.0926 e. The first-order valence-electron chi connectivity index (χ1n) is 5.84. The normalized spacial score (nSPS) is 22.2. The van der Waals surface area contributed by atoms with Crippen LogP contribution in [0.15, 0.2) is 30.3 Å². The van der Waals surface area contributed by atoms with Crippen LogP contribution in [0.3, 0.4) is 0 Å². The minimum atomic E-state index is -1.29. The third kappa shape index (κ3) is 2.52. The Labute approximate surface area is 98.1 Å². The lowest BCUT2D eigenvalue weighted by Crippen LogP contribution is -2.19. The highest BCUT2D eigenvalue weighted by Crippen LogP contribution is 2.51. The van der Waals surface area contributed by atoms with Gasteiger partial charge in [-0.05, 0) is 36.5 Å². The van der Waals surface area contributed by atoms with E-state index in [1.807, 2.05) is 0 Å². The molecule has 0 saturated heterocycles. The molecule has 0 amide bonds. The van der Waals surface area contributed by atoms with Gasteiger partial charge in [-0.3, -0.25) is 0 Å². The molecule has 1 saturated carbocycles. The minimum Gasteiger partial charge on any atom is -0.0926 e. The van der Waals surface area contributed by atoms with E-state index in [1.165, 1.54) is 37.4 Å². The highest BCUT2D eigenvalue weighted by atomic mass is 32.4. The molecule has 0 nitrogen and oxygen atoms in total. The van der Waals surface area contributed by atoms with Crippen molar-refractivity contribution in [3.8, 4) is 0 Å². The summed E-state index contributed by atoms with van der Waals surface area (Å²) in [5.41, 5.74) is 0.809. The van der Waals surface area contributed by atoms with Crippen molar-refractivity contribution in [3.63, 3.8) is 0 Å². The van der Waals surface area contributed by atoms with Crippen molar-refractivity contribution in [2.75, 3.05) is 6.66 Å². The summed E-state index contributed by atoms with van der Waals surface area (Å²) >= 11 is 5.94. The van der Waals surface area contributed by atoms with Gasteiger partial charge in [0.1, 0.15) is 0 Å². The number of rotatable bonds is 2. The van der Waals surface area contributed by atoms with E-state index in [4.69, 9.17) is 11.8 Å². The Morgan fingerprint density at radius 2 is 1.67 bits per heavy atom. The number of benzene rings is 1. The molecule has 0 bridgehead atoms. The van der Waals surface area contributed by atoms with E-state index in [0.29, 0.717) is 0 Å². The molecule has 1 aliphatic rings. The molecule has 1 atom stereocenters. The zero-order valence-electron chi connectivity index (χ0n) is 9.36. The average molecular weight is 238 g/mol. The highest BCUT2D eigenvalue weighted by Gasteiger charge is 2.26. The molecular formula is C13H19PS. The maximum Gasteiger partial charge on any atom is -0.00832 e. The van der Waals surface area contributed by atoms with Gasteiger partial charge in [0.2, 0.25) is 0 Å². The van der Waals surface area contributed by atoms with Crippen molar-refractivity contribution in [1.29, 1.82) is 0 Å². The van der Waals surface area contributed by atoms with Gasteiger partial charge in [0.15, 0.2) is 0 Å². The summed E-state index contributed by atoms with van der Waals surface area (Å²) in [6.45, 7) is 2.34. The van der Waals surface area contributed by atoms with Gasteiger partial charge in [-0.2, -0.15) is 0 Å². The predicted octanol–water partition coefficient (Wildman–Crippen LogP) is 3.75. The second-order valence-corrected chi connectivity index (χ2v) is 10.1. The second kappa shape index (κ2) is 4.80. The summed E-state index contributed by atoms with van der Waals surface area (Å²) in [5.74, 6) is 0. The standard InChI is InChI=1S/C13H19PS/c1-14(15,12-8-4-2-5-9-12)13-10-6-3-7-11-13/h2,4-5,8-9,13H,3,6-7,10-11H2,1H3. The SMILES string of the molecule is CP(=S)(c1ccccc1)C1CCCCC1. The first-order valence-corrected chi connectivity index (χ1v) is 9.16. The molecule has 0 heterocycles. The molecule has 82 valence electrons. The Hall–Kier alpha value is -0.130. The zero-order chi connectivity index (χ0) is 10.7. The van der Waals surface area contributed by atoms with Gasteiger partial charge in [0, 0.05) is 0 Å². The molecule has 15 heavy (non-hydrogen) atoms. The molecule has 1 fully saturated rings. The van der Waals surface area contributed by atoms with Crippen LogP contribution in [-0.2, 0) is 11.8 Å². The Bertz CT molecular complexity index is 352. The van der Waals surface area contributed by atoms with Crippen molar-refractivity contribution in [2.24, 2.45) is 0 Å².